The van der Waals surface area contributed by atoms with Crippen LogP contribution in [0.15, 0.2) is 42.5 Å². The standard InChI is InChI=1S/C15H12Cl2N2S/c1-9(10-4-2-5-11(16)8-10)18-15-19-13-7-3-6-12(17)14(13)20-15/h2-9H,1H3,(H,18,19). The van der Waals surface area contributed by atoms with E-state index in [1.54, 1.807) is 11.3 Å². The molecule has 0 saturated carbocycles. The molecule has 0 saturated heterocycles. The number of nitrogens with zero attached hydrogens (tertiary/aromatic N) is 1. The van der Waals surface area contributed by atoms with Crippen molar-refractivity contribution in [3.63, 3.8) is 0 Å². The van der Waals surface area contributed by atoms with Crippen molar-refractivity contribution in [1.29, 1.82) is 0 Å². The minimum absolute atomic E-state index is 0.132. The Balaban J connectivity index is 1.87. The first-order valence-electron chi connectivity index (χ1n) is 6.20. The van der Waals surface area contributed by atoms with Gasteiger partial charge in [-0.15, -0.1) is 0 Å². The normalized spacial score (nSPS) is 12.6. The van der Waals surface area contributed by atoms with Crippen LogP contribution in [-0.4, -0.2) is 4.98 Å². The van der Waals surface area contributed by atoms with Gasteiger partial charge in [0.05, 0.1) is 21.3 Å². The highest BCUT2D eigenvalue weighted by Crippen LogP contribution is 2.33. The molecule has 1 unspecified atom stereocenters. The lowest BCUT2D eigenvalue weighted by molar-refractivity contribution is 0.883. The molecule has 0 bridgehead atoms. The first-order valence-corrected chi connectivity index (χ1v) is 7.78. The van der Waals surface area contributed by atoms with Crippen LogP contribution in [0.1, 0.15) is 18.5 Å². The molecule has 3 rings (SSSR count). The van der Waals surface area contributed by atoms with Crippen LogP contribution in [0.2, 0.25) is 10.0 Å². The van der Waals surface area contributed by atoms with Gasteiger partial charge in [0, 0.05) is 5.02 Å². The lowest BCUT2D eigenvalue weighted by Crippen LogP contribution is -2.05. The predicted octanol–water partition coefficient (Wildman–Crippen LogP) is 5.78. The van der Waals surface area contributed by atoms with Crippen LogP contribution in [0.3, 0.4) is 0 Å². The summed E-state index contributed by atoms with van der Waals surface area (Å²) in [6, 6.07) is 13.7. The van der Waals surface area contributed by atoms with Crippen molar-refractivity contribution in [2.75, 3.05) is 5.32 Å². The topological polar surface area (TPSA) is 24.9 Å². The smallest absolute Gasteiger partial charge is 0.184 e. The summed E-state index contributed by atoms with van der Waals surface area (Å²) in [4.78, 5) is 4.55. The Hall–Kier alpha value is -1.29. The molecule has 0 fully saturated rings. The van der Waals surface area contributed by atoms with Gasteiger partial charge < -0.3 is 5.32 Å². The Kier molecular flexibility index (Phi) is 3.83. The van der Waals surface area contributed by atoms with Crippen molar-refractivity contribution in [3.8, 4) is 0 Å². The maximum atomic E-state index is 6.17. The summed E-state index contributed by atoms with van der Waals surface area (Å²) in [6.07, 6.45) is 0. The molecule has 0 aliphatic carbocycles. The number of rotatable bonds is 3. The highest BCUT2D eigenvalue weighted by molar-refractivity contribution is 7.22. The number of hydrogen-bond acceptors (Lipinski definition) is 3. The zero-order valence-electron chi connectivity index (χ0n) is 10.7. The number of hydrogen-bond donors (Lipinski definition) is 1. The van der Waals surface area contributed by atoms with Crippen molar-refractivity contribution in [2.24, 2.45) is 0 Å². The average Bonchev–Trinajstić information content (AvgIpc) is 2.83. The van der Waals surface area contributed by atoms with E-state index in [9.17, 15) is 0 Å². The van der Waals surface area contributed by atoms with Crippen LogP contribution in [0, 0.1) is 0 Å². The lowest BCUT2D eigenvalue weighted by Gasteiger charge is -2.13. The number of nitrogens with one attached hydrogen (secondary N) is 1. The number of fused-ring (bicyclic) bond motifs is 1. The van der Waals surface area contributed by atoms with Crippen LogP contribution in [0.25, 0.3) is 10.2 Å². The molecular weight excluding hydrogens is 311 g/mol. The largest absolute Gasteiger partial charge is 0.355 e. The van der Waals surface area contributed by atoms with Crippen molar-refractivity contribution in [1.82, 2.24) is 4.98 Å². The summed E-state index contributed by atoms with van der Waals surface area (Å²) in [5.74, 6) is 0. The van der Waals surface area contributed by atoms with Gasteiger partial charge in [-0.3, -0.25) is 0 Å². The number of thiazole rings is 1. The van der Waals surface area contributed by atoms with Gasteiger partial charge in [-0.05, 0) is 36.8 Å². The van der Waals surface area contributed by atoms with Crippen LogP contribution in [0.4, 0.5) is 5.13 Å². The molecule has 1 N–H and O–H groups in total. The molecule has 0 spiro atoms. The minimum Gasteiger partial charge on any atom is -0.355 e. The van der Waals surface area contributed by atoms with E-state index in [2.05, 4.69) is 17.2 Å². The second-order valence-corrected chi connectivity index (χ2v) is 6.37. The molecule has 5 heteroatoms. The SMILES string of the molecule is CC(Nc1nc2cccc(Cl)c2s1)c1cccc(Cl)c1. The van der Waals surface area contributed by atoms with E-state index in [4.69, 9.17) is 23.2 Å². The molecule has 0 amide bonds. The zero-order chi connectivity index (χ0) is 14.1. The number of halogens is 2. The second-order valence-electron chi connectivity index (χ2n) is 4.53. The van der Waals surface area contributed by atoms with Crippen LogP contribution in [0.5, 0.6) is 0 Å². The fourth-order valence-electron chi connectivity index (χ4n) is 2.02. The molecule has 1 aromatic heterocycles. The Morgan fingerprint density at radius 1 is 1.15 bits per heavy atom. The third-order valence-corrected chi connectivity index (χ3v) is 4.75. The van der Waals surface area contributed by atoms with Gasteiger partial charge in [0.1, 0.15) is 0 Å². The van der Waals surface area contributed by atoms with Crippen molar-refractivity contribution in [3.05, 3.63) is 58.1 Å². The zero-order valence-corrected chi connectivity index (χ0v) is 13.1. The second kappa shape index (κ2) is 5.60. The van der Waals surface area contributed by atoms with Crippen LogP contribution in [-0.2, 0) is 0 Å². The molecule has 20 heavy (non-hydrogen) atoms. The van der Waals surface area contributed by atoms with Gasteiger partial charge in [-0.1, -0.05) is 52.7 Å². The minimum atomic E-state index is 0.132. The highest BCUT2D eigenvalue weighted by Gasteiger charge is 2.10. The maximum Gasteiger partial charge on any atom is 0.184 e. The lowest BCUT2D eigenvalue weighted by atomic mass is 10.1. The van der Waals surface area contributed by atoms with Gasteiger partial charge in [0.25, 0.3) is 0 Å². The number of aromatic nitrogens is 1. The Morgan fingerprint density at radius 2 is 1.95 bits per heavy atom. The molecule has 1 atom stereocenters. The predicted molar refractivity (Wildman–Crippen MR) is 88.1 cm³/mol. The van der Waals surface area contributed by atoms with E-state index in [0.29, 0.717) is 0 Å². The summed E-state index contributed by atoms with van der Waals surface area (Å²) in [7, 11) is 0. The van der Waals surface area contributed by atoms with Gasteiger partial charge >= 0.3 is 0 Å². The van der Waals surface area contributed by atoms with Gasteiger partial charge in [-0.25, -0.2) is 4.98 Å². The maximum absolute atomic E-state index is 6.17. The Morgan fingerprint density at radius 3 is 2.70 bits per heavy atom. The average molecular weight is 323 g/mol. The van der Waals surface area contributed by atoms with Crippen molar-refractivity contribution >= 4 is 49.9 Å². The van der Waals surface area contributed by atoms with Gasteiger partial charge in [-0.2, -0.15) is 0 Å². The van der Waals surface area contributed by atoms with Gasteiger partial charge in [0.15, 0.2) is 5.13 Å². The van der Waals surface area contributed by atoms with E-state index in [0.717, 1.165) is 31.0 Å². The van der Waals surface area contributed by atoms with Crippen molar-refractivity contribution < 1.29 is 0 Å². The first kappa shape index (κ1) is 13.7. The summed E-state index contributed by atoms with van der Waals surface area (Å²) in [5, 5.41) is 5.73. The van der Waals surface area contributed by atoms with E-state index >= 15 is 0 Å². The number of anilines is 1. The fraction of sp³-hybridized carbons (Fsp3) is 0.133. The van der Waals surface area contributed by atoms with E-state index in [1.165, 1.54) is 0 Å². The van der Waals surface area contributed by atoms with Crippen LogP contribution >= 0.6 is 34.5 Å². The van der Waals surface area contributed by atoms with Crippen molar-refractivity contribution in [2.45, 2.75) is 13.0 Å². The molecule has 102 valence electrons. The van der Waals surface area contributed by atoms with E-state index in [1.807, 2.05) is 42.5 Å². The quantitative estimate of drug-likeness (QED) is 0.661. The fourth-order valence-corrected chi connectivity index (χ4v) is 3.46. The Bertz CT molecular complexity index is 754. The summed E-state index contributed by atoms with van der Waals surface area (Å²) < 4.78 is 1.01. The molecule has 0 radical (unpaired) electrons. The molecule has 0 aliphatic heterocycles. The third kappa shape index (κ3) is 2.75. The van der Waals surface area contributed by atoms with E-state index < -0.39 is 0 Å². The Labute approximate surface area is 131 Å². The first-order chi connectivity index (χ1) is 9.63. The summed E-state index contributed by atoms with van der Waals surface area (Å²) in [6.45, 7) is 2.08. The third-order valence-electron chi connectivity index (χ3n) is 3.06. The molecule has 1 heterocycles. The molecule has 2 aromatic carbocycles. The van der Waals surface area contributed by atoms with E-state index in [-0.39, 0.29) is 6.04 Å². The molecule has 0 aliphatic rings. The monoisotopic (exact) mass is 322 g/mol. The van der Waals surface area contributed by atoms with Crippen LogP contribution < -0.4 is 5.32 Å². The highest BCUT2D eigenvalue weighted by atomic mass is 35.5. The number of benzene rings is 2. The summed E-state index contributed by atoms with van der Waals surface area (Å²) in [5.41, 5.74) is 2.05. The molecule has 3 aromatic rings. The molecule has 2 nitrogen and oxygen atoms in total. The molecular formula is C15H12Cl2N2S. The van der Waals surface area contributed by atoms with Gasteiger partial charge in [0.2, 0.25) is 0 Å². The summed E-state index contributed by atoms with van der Waals surface area (Å²) >= 11 is 13.8.